The monoisotopic (exact) mass is 451 g/mol. The Morgan fingerprint density at radius 2 is 1.59 bits per heavy atom. The summed E-state index contributed by atoms with van der Waals surface area (Å²) in [5.41, 5.74) is 2.39. The van der Waals surface area contributed by atoms with Crippen LogP contribution in [0.5, 0.6) is 0 Å². The maximum absolute atomic E-state index is 14.2. The average molecular weight is 451 g/mol. The minimum Gasteiger partial charge on any atom is -0.352 e. The van der Waals surface area contributed by atoms with Gasteiger partial charge in [-0.15, -0.1) is 0 Å². The van der Waals surface area contributed by atoms with Crippen molar-refractivity contribution in [3.63, 3.8) is 0 Å². The van der Waals surface area contributed by atoms with Crippen LogP contribution in [0.15, 0.2) is 72.8 Å². The number of carbonyl (C=O) groups excluding carboxylic acids is 3. The van der Waals surface area contributed by atoms with Gasteiger partial charge in [-0.05, 0) is 37.6 Å². The first-order valence-electron chi connectivity index (χ1n) is 11.4. The fourth-order valence-electron chi connectivity index (χ4n) is 6.25. The van der Waals surface area contributed by atoms with Crippen LogP contribution in [0.1, 0.15) is 50.2 Å². The molecule has 34 heavy (non-hydrogen) atoms. The molecule has 0 bridgehead atoms. The Labute approximate surface area is 196 Å². The van der Waals surface area contributed by atoms with Crippen molar-refractivity contribution in [2.75, 3.05) is 4.90 Å². The first-order chi connectivity index (χ1) is 16.4. The molecule has 168 valence electrons. The summed E-state index contributed by atoms with van der Waals surface area (Å²) in [5.74, 6) is -1.73. The lowest BCUT2D eigenvalue weighted by atomic mass is 9.64. The van der Waals surface area contributed by atoms with E-state index in [0.717, 1.165) is 11.1 Å². The summed E-state index contributed by atoms with van der Waals surface area (Å²) in [7, 11) is 0. The third-order valence-electron chi connectivity index (χ3n) is 7.62. The van der Waals surface area contributed by atoms with Crippen molar-refractivity contribution in [1.29, 1.82) is 0 Å². The predicted octanol–water partition coefficient (Wildman–Crippen LogP) is 5.16. The molecule has 0 amide bonds. The molecule has 1 aliphatic carbocycles. The SMILES string of the molecule is CC(=O)[C@H]1[C@H](c2ccc(C)cc2)C2(C(=O)c3ccccc3C2=O)[C@H]2C=Cc3cc(F)ccc3N12. The van der Waals surface area contributed by atoms with Gasteiger partial charge in [0.2, 0.25) is 0 Å². The third-order valence-corrected chi connectivity index (χ3v) is 7.62. The topological polar surface area (TPSA) is 54.5 Å². The molecule has 0 unspecified atom stereocenters. The predicted molar refractivity (Wildman–Crippen MR) is 128 cm³/mol. The molecule has 3 aromatic carbocycles. The lowest BCUT2D eigenvalue weighted by Gasteiger charge is -2.37. The summed E-state index contributed by atoms with van der Waals surface area (Å²) in [5, 5.41) is 0. The highest BCUT2D eigenvalue weighted by Crippen LogP contribution is 2.60. The smallest absolute Gasteiger partial charge is 0.180 e. The summed E-state index contributed by atoms with van der Waals surface area (Å²) in [6, 6.07) is 17.6. The fraction of sp³-hybridized carbons (Fsp3) is 0.207. The second-order valence-electron chi connectivity index (χ2n) is 9.43. The standard InChI is InChI=1S/C29H22FNO3/c1-16-7-9-18(10-8-16)25-26(17(2)32)31-23-13-12-20(30)15-19(23)11-14-24(31)29(25)27(33)21-5-3-4-6-22(21)28(29)34/h3-15,24-26H,1-2H3/t24-,25+,26+/m1/s1. The molecule has 1 saturated heterocycles. The van der Waals surface area contributed by atoms with Gasteiger partial charge >= 0.3 is 0 Å². The van der Waals surface area contributed by atoms with E-state index in [0.29, 0.717) is 22.4 Å². The number of fused-ring (bicyclic) bond motifs is 5. The molecular weight excluding hydrogens is 429 g/mol. The van der Waals surface area contributed by atoms with Crippen molar-refractivity contribution in [3.8, 4) is 0 Å². The Bertz CT molecular complexity index is 1390. The number of rotatable bonds is 2. The normalized spacial score (nSPS) is 23.7. The van der Waals surface area contributed by atoms with E-state index in [4.69, 9.17) is 0 Å². The fourth-order valence-corrected chi connectivity index (χ4v) is 6.25. The van der Waals surface area contributed by atoms with Crippen molar-refractivity contribution < 1.29 is 18.8 Å². The Morgan fingerprint density at radius 1 is 0.941 bits per heavy atom. The molecule has 5 heteroatoms. The van der Waals surface area contributed by atoms with Gasteiger partial charge in [-0.3, -0.25) is 14.4 Å². The number of aryl methyl sites for hydroxylation is 1. The largest absolute Gasteiger partial charge is 0.352 e. The van der Waals surface area contributed by atoms with Crippen molar-refractivity contribution in [3.05, 3.63) is 106 Å². The van der Waals surface area contributed by atoms with Crippen molar-refractivity contribution in [2.45, 2.75) is 31.8 Å². The van der Waals surface area contributed by atoms with Crippen LogP contribution in [0.4, 0.5) is 10.1 Å². The Balaban J connectivity index is 1.68. The summed E-state index contributed by atoms with van der Waals surface area (Å²) < 4.78 is 14.0. The van der Waals surface area contributed by atoms with E-state index in [-0.39, 0.29) is 23.2 Å². The van der Waals surface area contributed by atoms with Crippen LogP contribution >= 0.6 is 0 Å². The van der Waals surface area contributed by atoms with E-state index >= 15 is 0 Å². The van der Waals surface area contributed by atoms with Crippen LogP contribution in [0.25, 0.3) is 6.08 Å². The van der Waals surface area contributed by atoms with Crippen molar-refractivity contribution in [2.24, 2.45) is 5.41 Å². The molecule has 2 heterocycles. The van der Waals surface area contributed by atoms with Crippen LogP contribution in [0, 0.1) is 18.2 Å². The van der Waals surface area contributed by atoms with Crippen molar-refractivity contribution >= 4 is 29.1 Å². The number of halogens is 1. The molecule has 4 nitrogen and oxygen atoms in total. The molecular formula is C29H22FNO3. The Hall–Kier alpha value is -3.86. The van der Waals surface area contributed by atoms with Gasteiger partial charge in [-0.2, -0.15) is 0 Å². The highest BCUT2D eigenvalue weighted by molar-refractivity contribution is 6.32. The van der Waals surface area contributed by atoms with Gasteiger partial charge in [-0.1, -0.05) is 66.2 Å². The number of hydrogen-bond acceptors (Lipinski definition) is 4. The van der Waals surface area contributed by atoms with E-state index in [1.54, 1.807) is 42.5 Å². The number of benzene rings is 3. The third kappa shape index (κ3) is 2.50. The molecule has 3 atom stereocenters. The number of carbonyl (C=O) groups is 3. The zero-order valence-electron chi connectivity index (χ0n) is 18.8. The summed E-state index contributed by atoms with van der Waals surface area (Å²) in [6.45, 7) is 3.47. The first-order valence-corrected chi connectivity index (χ1v) is 11.4. The maximum Gasteiger partial charge on any atom is 0.180 e. The zero-order valence-corrected chi connectivity index (χ0v) is 18.8. The molecule has 2 aliphatic heterocycles. The van der Waals surface area contributed by atoms with Gasteiger partial charge in [0.05, 0.1) is 12.1 Å². The highest BCUT2D eigenvalue weighted by Gasteiger charge is 2.71. The number of Topliss-reactive ketones (excluding diaryl/α,β-unsaturated/α-hetero) is 3. The van der Waals surface area contributed by atoms with Crippen LogP contribution in [0.2, 0.25) is 0 Å². The summed E-state index contributed by atoms with van der Waals surface area (Å²) >= 11 is 0. The second-order valence-corrected chi connectivity index (χ2v) is 9.43. The molecule has 1 spiro atoms. The first kappa shape index (κ1) is 20.7. The van der Waals surface area contributed by atoms with Gasteiger partial charge < -0.3 is 4.90 Å². The minimum atomic E-state index is -1.49. The molecule has 3 aromatic rings. The van der Waals surface area contributed by atoms with Gasteiger partial charge in [0, 0.05) is 28.3 Å². The Kier molecular flexibility index (Phi) is 4.31. The molecule has 0 aromatic heterocycles. The molecule has 6 rings (SSSR count). The quantitative estimate of drug-likeness (QED) is 0.506. The molecule has 1 fully saturated rings. The second kappa shape index (κ2) is 7.07. The van der Waals surface area contributed by atoms with Crippen LogP contribution < -0.4 is 4.90 Å². The highest BCUT2D eigenvalue weighted by atomic mass is 19.1. The van der Waals surface area contributed by atoms with Gasteiger partial charge in [0.15, 0.2) is 17.3 Å². The maximum atomic E-state index is 14.2. The molecule has 0 radical (unpaired) electrons. The molecule has 0 saturated carbocycles. The van der Waals surface area contributed by atoms with Crippen LogP contribution in [-0.4, -0.2) is 29.4 Å². The van der Waals surface area contributed by atoms with Crippen molar-refractivity contribution in [1.82, 2.24) is 0 Å². The van der Waals surface area contributed by atoms with Gasteiger partial charge in [-0.25, -0.2) is 4.39 Å². The van der Waals surface area contributed by atoms with E-state index in [2.05, 4.69) is 0 Å². The minimum absolute atomic E-state index is 0.144. The van der Waals surface area contributed by atoms with E-state index in [1.165, 1.54) is 19.1 Å². The van der Waals surface area contributed by atoms with E-state index in [9.17, 15) is 18.8 Å². The number of anilines is 1. The number of nitrogens with zero attached hydrogens (tertiary/aromatic N) is 1. The van der Waals surface area contributed by atoms with Gasteiger partial charge in [0.1, 0.15) is 11.2 Å². The number of ketones is 3. The van der Waals surface area contributed by atoms with E-state index in [1.807, 2.05) is 36.1 Å². The summed E-state index contributed by atoms with van der Waals surface area (Å²) in [6.07, 6.45) is 3.56. The van der Waals surface area contributed by atoms with Crippen LogP contribution in [-0.2, 0) is 4.79 Å². The molecule has 0 N–H and O–H groups in total. The zero-order chi connectivity index (χ0) is 23.8. The number of hydrogen-bond donors (Lipinski definition) is 0. The lowest BCUT2D eigenvalue weighted by Crippen LogP contribution is -2.48. The average Bonchev–Trinajstić information content (AvgIpc) is 3.26. The summed E-state index contributed by atoms with van der Waals surface area (Å²) in [4.78, 5) is 43.6. The molecule has 3 aliphatic rings. The lowest BCUT2D eigenvalue weighted by molar-refractivity contribution is -0.118. The van der Waals surface area contributed by atoms with E-state index < -0.39 is 23.4 Å². The van der Waals surface area contributed by atoms with Gasteiger partial charge in [0.25, 0.3) is 0 Å². The van der Waals surface area contributed by atoms with Crippen LogP contribution in [0.3, 0.4) is 0 Å². The Morgan fingerprint density at radius 3 is 2.21 bits per heavy atom.